The third-order valence-electron chi connectivity index (χ3n) is 3.66. The Kier molecular flexibility index (Phi) is 4.74. The smallest absolute Gasteiger partial charge is 0.271 e. The van der Waals surface area contributed by atoms with Gasteiger partial charge in [-0.3, -0.25) is 10.1 Å². The van der Waals surface area contributed by atoms with E-state index < -0.39 is 4.92 Å². The summed E-state index contributed by atoms with van der Waals surface area (Å²) in [5.74, 6) is 0.647. The highest BCUT2D eigenvalue weighted by Gasteiger charge is 2.19. The average Bonchev–Trinajstić information content (AvgIpc) is 2.90. The van der Waals surface area contributed by atoms with Crippen LogP contribution in [0.5, 0.6) is 0 Å². The van der Waals surface area contributed by atoms with E-state index >= 15 is 0 Å². The number of nitro groups is 1. The fourth-order valence-corrected chi connectivity index (χ4v) is 2.53. The fourth-order valence-electron chi connectivity index (χ4n) is 2.53. The van der Waals surface area contributed by atoms with E-state index in [-0.39, 0.29) is 18.3 Å². The van der Waals surface area contributed by atoms with Gasteiger partial charge in [0.15, 0.2) is 0 Å². The minimum Gasteiger partial charge on any atom is -0.395 e. The summed E-state index contributed by atoms with van der Waals surface area (Å²) in [6.45, 7) is 4.69. The van der Waals surface area contributed by atoms with E-state index in [0.717, 1.165) is 12.8 Å². The Balaban J connectivity index is 2.41. The van der Waals surface area contributed by atoms with Crippen LogP contribution < -0.4 is 4.90 Å². The van der Waals surface area contributed by atoms with Gasteiger partial charge in [-0.15, -0.1) is 0 Å². The van der Waals surface area contributed by atoms with Crippen molar-refractivity contribution in [2.45, 2.75) is 32.7 Å². The van der Waals surface area contributed by atoms with Crippen molar-refractivity contribution in [2.24, 2.45) is 0 Å². The number of aliphatic hydroxyl groups is 1. The zero-order valence-electron chi connectivity index (χ0n) is 12.2. The maximum atomic E-state index is 10.8. The molecule has 0 atom stereocenters. The average molecular weight is 292 g/mol. The van der Waals surface area contributed by atoms with Gasteiger partial charge in [0.25, 0.3) is 5.69 Å². The topological polar surface area (TPSA) is 95.3 Å². The Hall–Kier alpha value is -2.15. The van der Waals surface area contributed by atoms with E-state index in [4.69, 9.17) is 0 Å². The lowest BCUT2D eigenvalue weighted by Crippen LogP contribution is -2.37. The molecule has 0 aliphatic carbocycles. The first-order valence-corrected chi connectivity index (χ1v) is 7.12. The standard InChI is InChI=1S/C14H20N4O3/c1-3-10(4-2)17(7-8-19)14-15-12-6-5-11(18(20)21)9-13(12)16-14/h5-6,9-10,19H,3-4,7-8H2,1-2H3,(H,15,16). The van der Waals surface area contributed by atoms with Gasteiger partial charge in [-0.25, -0.2) is 4.98 Å². The molecule has 7 heteroatoms. The van der Waals surface area contributed by atoms with Crippen LogP contribution in [0.4, 0.5) is 11.6 Å². The van der Waals surface area contributed by atoms with Gasteiger partial charge in [0.2, 0.25) is 5.95 Å². The van der Waals surface area contributed by atoms with Gasteiger partial charge in [0, 0.05) is 24.7 Å². The molecule has 0 fully saturated rings. The summed E-state index contributed by atoms with van der Waals surface area (Å²) in [5, 5.41) is 20.1. The number of nitro benzene ring substituents is 1. The van der Waals surface area contributed by atoms with Gasteiger partial charge < -0.3 is 15.0 Å². The van der Waals surface area contributed by atoms with Crippen molar-refractivity contribution < 1.29 is 10.0 Å². The molecule has 7 nitrogen and oxygen atoms in total. The Labute approximate surface area is 122 Å². The number of fused-ring (bicyclic) bond motifs is 1. The minimum absolute atomic E-state index is 0.0354. The highest BCUT2D eigenvalue weighted by atomic mass is 16.6. The molecule has 114 valence electrons. The molecule has 0 radical (unpaired) electrons. The summed E-state index contributed by atoms with van der Waals surface area (Å²) >= 11 is 0. The predicted octanol–water partition coefficient (Wildman–Crippen LogP) is 2.46. The first kappa shape index (κ1) is 15.2. The number of aromatic amines is 1. The second kappa shape index (κ2) is 6.53. The first-order chi connectivity index (χ1) is 10.1. The SMILES string of the molecule is CCC(CC)N(CCO)c1nc2ccc([N+](=O)[O-])cc2[nH]1. The van der Waals surface area contributed by atoms with Crippen LogP contribution in [0.15, 0.2) is 18.2 Å². The molecule has 0 saturated heterocycles. The molecular formula is C14H20N4O3. The van der Waals surface area contributed by atoms with Crippen molar-refractivity contribution in [3.8, 4) is 0 Å². The lowest BCUT2D eigenvalue weighted by molar-refractivity contribution is -0.384. The number of rotatable bonds is 7. The molecule has 2 aromatic rings. The highest BCUT2D eigenvalue weighted by Crippen LogP contribution is 2.24. The van der Waals surface area contributed by atoms with Crippen molar-refractivity contribution >= 4 is 22.7 Å². The summed E-state index contributed by atoms with van der Waals surface area (Å²) in [7, 11) is 0. The number of hydrogen-bond donors (Lipinski definition) is 2. The molecule has 21 heavy (non-hydrogen) atoms. The number of aromatic nitrogens is 2. The van der Waals surface area contributed by atoms with Gasteiger partial charge in [0.1, 0.15) is 0 Å². The van der Waals surface area contributed by atoms with Crippen molar-refractivity contribution in [1.82, 2.24) is 9.97 Å². The predicted molar refractivity (Wildman–Crippen MR) is 81.5 cm³/mol. The molecule has 0 saturated carbocycles. The molecule has 1 heterocycles. The van der Waals surface area contributed by atoms with Crippen LogP contribution in [0.3, 0.4) is 0 Å². The van der Waals surface area contributed by atoms with Crippen LogP contribution in [0, 0.1) is 10.1 Å². The second-order valence-corrected chi connectivity index (χ2v) is 4.91. The Morgan fingerprint density at radius 1 is 1.43 bits per heavy atom. The largest absolute Gasteiger partial charge is 0.395 e. The number of nitrogens with zero attached hydrogens (tertiary/aromatic N) is 3. The molecular weight excluding hydrogens is 272 g/mol. The van der Waals surface area contributed by atoms with E-state index in [1.165, 1.54) is 12.1 Å². The number of anilines is 1. The van der Waals surface area contributed by atoms with Gasteiger partial charge in [0.05, 0.1) is 22.6 Å². The minimum atomic E-state index is -0.424. The summed E-state index contributed by atoms with van der Waals surface area (Å²) < 4.78 is 0. The highest BCUT2D eigenvalue weighted by molar-refractivity contribution is 5.80. The fraction of sp³-hybridized carbons (Fsp3) is 0.500. The van der Waals surface area contributed by atoms with Crippen LogP contribution in [-0.2, 0) is 0 Å². The van der Waals surface area contributed by atoms with Crippen molar-refractivity contribution in [1.29, 1.82) is 0 Å². The Morgan fingerprint density at radius 2 is 2.14 bits per heavy atom. The van der Waals surface area contributed by atoms with E-state index in [1.807, 2.05) is 4.90 Å². The van der Waals surface area contributed by atoms with E-state index in [2.05, 4.69) is 23.8 Å². The zero-order valence-corrected chi connectivity index (χ0v) is 12.2. The third-order valence-corrected chi connectivity index (χ3v) is 3.66. The number of aliphatic hydroxyl groups excluding tert-OH is 1. The molecule has 0 unspecified atom stereocenters. The molecule has 2 N–H and O–H groups in total. The van der Waals surface area contributed by atoms with Crippen molar-refractivity contribution in [2.75, 3.05) is 18.1 Å². The van der Waals surface area contributed by atoms with Gasteiger partial charge in [-0.2, -0.15) is 0 Å². The summed E-state index contributed by atoms with van der Waals surface area (Å²) in [6.07, 6.45) is 1.88. The zero-order chi connectivity index (χ0) is 15.4. The van der Waals surface area contributed by atoms with E-state index in [9.17, 15) is 15.2 Å². The van der Waals surface area contributed by atoms with Crippen LogP contribution in [0.25, 0.3) is 11.0 Å². The maximum absolute atomic E-state index is 10.8. The monoisotopic (exact) mass is 292 g/mol. The lowest BCUT2D eigenvalue weighted by atomic mass is 10.1. The number of imidazole rings is 1. The molecule has 0 spiro atoms. The number of non-ortho nitro benzene ring substituents is 1. The number of H-pyrrole nitrogens is 1. The Bertz CT molecular complexity index is 622. The number of benzene rings is 1. The summed E-state index contributed by atoms with van der Waals surface area (Å²) in [6, 6.07) is 4.83. The molecule has 1 aromatic carbocycles. The van der Waals surface area contributed by atoms with Crippen molar-refractivity contribution in [3.63, 3.8) is 0 Å². The Morgan fingerprint density at radius 3 is 2.71 bits per heavy atom. The normalized spacial score (nSPS) is 11.2. The number of nitrogens with one attached hydrogen (secondary N) is 1. The quantitative estimate of drug-likeness (QED) is 0.603. The summed E-state index contributed by atoms with van der Waals surface area (Å²) in [5.41, 5.74) is 1.35. The molecule has 0 amide bonds. The molecule has 0 bridgehead atoms. The molecule has 0 aliphatic heterocycles. The van der Waals surface area contributed by atoms with Crippen LogP contribution in [-0.4, -0.2) is 39.2 Å². The van der Waals surface area contributed by atoms with Crippen molar-refractivity contribution in [3.05, 3.63) is 28.3 Å². The molecule has 1 aromatic heterocycles. The van der Waals surface area contributed by atoms with Crippen LogP contribution in [0.2, 0.25) is 0 Å². The molecule has 0 aliphatic rings. The van der Waals surface area contributed by atoms with Gasteiger partial charge >= 0.3 is 0 Å². The van der Waals surface area contributed by atoms with E-state index in [1.54, 1.807) is 6.07 Å². The maximum Gasteiger partial charge on any atom is 0.271 e. The van der Waals surface area contributed by atoms with Crippen LogP contribution >= 0.6 is 0 Å². The lowest BCUT2D eigenvalue weighted by Gasteiger charge is -2.29. The third kappa shape index (κ3) is 3.13. The van der Waals surface area contributed by atoms with Gasteiger partial charge in [-0.1, -0.05) is 13.8 Å². The first-order valence-electron chi connectivity index (χ1n) is 7.12. The van der Waals surface area contributed by atoms with Gasteiger partial charge in [-0.05, 0) is 18.9 Å². The van der Waals surface area contributed by atoms with E-state index in [0.29, 0.717) is 23.5 Å². The van der Waals surface area contributed by atoms with Crippen LogP contribution in [0.1, 0.15) is 26.7 Å². The molecule has 2 rings (SSSR count). The summed E-state index contributed by atoms with van der Waals surface area (Å²) in [4.78, 5) is 20.0. The number of hydrogen-bond acceptors (Lipinski definition) is 5. The second-order valence-electron chi connectivity index (χ2n) is 4.91.